The molecule has 0 saturated carbocycles. The van der Waals surface area contributed by atoms with E-state index in [1.54, 1.807) is 12.1 Å². The van der Waals surface area contributed by atoms with Crippen LogP contribution in [0.25, 0.3) is 0 Å². The molecule has 0 aromatic heterocycles. The summed E-state index contributed by atoms with van der Waals surface area (Å²) in [4.78, 5) is 37.4. The van der Waals surface area contributed by atoms with Crippen molar-refractivity contribution in [3.8, 4) is 0 Å². The number of benzene rings is 1. The summed E-state index contributed by atoms with van der Waals surface area (Å²) in [6.07, 6.45) is 0.284. The molecule has 5 nitrogen and oxygen atoms in total. The number of imide groups is 1. The molecule has 25 heavy (non-hydrogen) atoms. The molecule has 3 amide bonds. The van der Waals surface area contributed by atoms with Gasteiger partial charge in [0.2, 0.25) is 5.91 Å². The van der Waals surface area contributed by atoms with Crippen molar-refractivity contribution >= 4 is 46.0 Å². The molecule has 0 N–H and O–H groups in total. The van der Waals surface area contributed by atoms with Gasteiger partial charge in [0.05, 0.1) is 0 Å². The lowest BCUT2D eigenvalue weighted by Gasteiger charge is -2.32. The highest BCUT2D eigenvalue weighted by Crippen LogP contribution is 2.32. The number of carbonyl (C=O) groups is 3. The zero-order valence-corrected chi connectivity index (χ0v) is 17.1. The summed E-state index contributed by atoms with van der Waals surface area (Å²) in [5.74, 6) is -1.48. The maximum absolute atomic E-state index is 12.7. The fourth-order valence-corrected chi connectivity index (χ4v) is 3.44. The molecule has 0 aliphatic carbocycles. The number of hydrogen-bond donors (Lipinski definition) is 0. The van der Waals surface area contributed by atoms with Gasteiger partial charge in [-0.15, -0.1) is 3.89 Å². The highest BCUT2D eigenvalue weighted by molar-refractivity contribution is 9.10. The van der Waals surface area contributed by atoms with Gasteiger partial charge < -0.3 is 4.90 Å². The maximum Gasteiger partial charge on any atom is 0.264 e. The van der Waals surface area contributed by atoms with E-state index in [2.05, 4.69) is 15.9 Å². The first-order valence-corrected chi connectivity index (χ1v) is 9.74. The van der Waals surface area contributed by atoms with Gasteiger partial charge >= 0.3 is 0 Å². The Morgan fingerprint density at radius 1 is 1.16 bits per heavy atom. The molecule has 2 heterocycles. The molecular formula is C17H22BrFN2O3S. The predicted octanol–water partition coefficient (Wildman–Crippen LogP) is 4.51. The Bertz CT molecular complexity index is 657. The van der Waals surface area contributed by atoms with E-state index in [1.807, 2.05) is 33.8 Å². The predicted molar refractivity (Wildman–Crippen MR) is 100 cm³/mol. The van der Waals surface area contributed by atoms with E-state index in [1.165, 1.54) is 4.90 Å². The van der Waals surface area contributed by atoms with Crippen LogP contribution >= 0.6 is 28.3 Å². The maximum atomic E-state index is 12.7. The molecule has 138 valence electrons. The summed E-state index contributed by atoms with van der Waals surface area (Å²) in [5, 5.41) is 0. The fraction of sp³-hybridized carbons (Fsp3) is 0.471. The van der Waals surface area contributed by atoms with Crippen molar-refractivity contribution in [3.05, 3.63) is 33.8 Å². The van der Waals surface area contributed by atoms with Crippen molar-refractivity contribution in [1.29, 1.82) is 0 Å². The van der Waals surface area contributed by atoms with Crippen LogP contribution in [-0.4, -0.2) is 33.0 Å². The second-order valence-corrected chi connectivity index (χ2v) is 6.30. The van der Waals surface area contributed by atoms with Gasteiger partial charge in [0, 0.05) is 23.0 Å². The molecule has 1 fully saturated rings. The van der Waals surface area contributed by atoms with Crippen LogP contribution < -0.4 is 0 Å². The smallest absolute Gasteiger partial charge is 0.264 e. The van der Waals surface area contributed by atoms with E-state index in [0.29, 0.717) is 16.4 Å². The molecule has 8 heteroatoms. The zero-order valence-electron chi connectivity index (χ0n) is 14.7. The Morgan fingerprint density at radius 3 is 2.40 bits per heavy atom. The van der Waals surface area contributed by atoms with Gasteiger partial charge in [-0.05, 0) is 30.2 Å². The van der Waals surface area contributed by atoms with Gasteiger partial charge in [0.15, 0.2) is 12.3 Å². The van der Waals surface area contributed by atoms with E-state index in [9.17, 15) is 18.3 Å². The van der Waals surface area contributed by atoms with E-state index < -0.39 is 30.2 Å². The minimum atomic E-state index is -0.787. The Labute approximate surface area is 160 Å². The number of rotatable bonds is 2. The third-order valence-corrected chi connectivity index (χ3v) is 4.70. The normalized spacial score (nSPS) is 19.0. The summed E-state index contributed by atoms with van der Waals surface area (Å²) < 4.78 is 14.1. The van der Waals surface area contributed by atoms with Gasteiger partial charge in [0.1, 0.15) is 6.04 Å². The van der Waals surface area contributed by atoms with Crippen LogP contribution in [0.3, 0.4) is 0 Å². The quantitative estimate of drug-likeness (QED) is 0.509. The molecule has 0 radical (unpaired) electrons. The number of fused-ring (bicyclic) bond motifs is 1. The second kappa shape index (κ2) is 9.91. The summed E-state index contributed by atoms with van der Waals surface area (Å²) in [5.41, 5.74) is 1.36. The lowest BCUT2D eigenvalue weighted by atomic mass is 10.0. The Morgan fingerprint density at radius 2 is 1.80 bits per heavy atom. The molecule has 2 aliphatic rings. The third kappa shape index (κ3) is 4.41. The van der Waals surface area contributed by atoms with Crippen molar-refractivity contribution in [2.75, 3.05) is 0 Å². The van der Waals surface area contributed by atoms with Crippen molar-refractivity contribution in [1.82, 2.24) is 9.21 Å². The minimum Gasteiger partial charge on any atom is -0.322 e. The zero-order chi connectivity index (χ0) is 19.1. The molecule has 1 aromatic carbocycles. The molecular weight excluding hydrogens is 411 g/mol. The van der Waals surface area contributed by atoms with Crippen molar-refractivity contribution < 1.29 is 18.3 Å². The summed E-state index contributed by atoms with van der Waals surface area (Å²) in [7, 11) is 0. The highest BCUT2D eigenvalue weighted by Gasteiger charge is 2.43. The van der Waals surface area contributed by atoms with Crippen LogP contribution in [0.5, 0.6) is 0 Å². The molecule has 3 rings (SSSR count). The van der Waals surface area contributed by atoms with E-state index in [0.717, 1.165) is 10.0 Å². The second-order valence-electron chi connectivity index (χ2n) is 4.88. The Hall–Kier alpha value is -1.41. The van der Waals surface area contributed by atoms with Crippen LogP contribution in [0.1, 0.15) is 56.5 Å². The van der Waals surface area contributed by atoms with Crippen LogP contribution in [0.2, 0.25) is 0 Å². The lowest BCUT2D eigenvalue weighted by molar-refractivity contribution is -0.145. The van der Waals surface area contributed by atoms with Crippen LogP contribution in [0.4, 0.5) is 3.89 Å². The van der Waals surface area contributed by atoms with Crippen molar-refractivity contribution in [2.24, 2.45) is 0 Å². The van der Waals surface area contributed by atoms with Crippen molar-refractivity contribution in [3.63, 3.8) is 0 Å². The van der Waals surface area contributed by atoms with Crippen LogP contribution in [0, 0.1) is 0 Å². The first-order chi connectivity index (χ1) is 12.0. The highest BCUT2D eigenvalue weighted by atomic mass is 79.9. The largest absolute Gasteiger partial charge is 0.322 e. The van der Waals surface area contributed by atoms with E-state index in [4.69, 9.17) is 0 Å². The Kier molecular flexibility index (Phi) is 8.58. The topological polar surface area (TPSA) is 57.7 Å². The number of halogens is 2. The fourth-order valence-electron chi connectivity index (χ4n) is 2.67. The van der Waals surface area contributed by atoms with Crippen LogP contribution in [0.15, 0.2) is 22.7 Å². The average molecular weight is 433 g/mol. The van der Waals surface area contributed by atoms with Gasteiger partial charge in [-0.2, -0.15) is 4.31 Å². The van der Waals surface area contributed by atoms with Gasteiger partial charge in [-0.25, -0.2) is 0 Å². The SMILES string of the molecule is CC.CC.O=C1CCC(N2Cc3cc(Br)ccc3C2=O)C(=O)N1SF. The third-order valence-electron chi connectivity index (χ3n) is 3.69. The molecule has 2 aliphatic heterocycles. The standard InChI is InChI=1S/C13H10BrFN2O3S.2C2H6/c14-8-1-2-9-7(5-8)6-16(12(9)19)10-3-4-11(18)17(21-15)13(10)20;2*1-2/h1-2,5,10H,3-4,6H2;2*1-2H3. The molecule has 0 bridgehead atoms. The monoisotopic (exact) mass is 432 g/mol. The van der Waals surface area contributed by atoms with Gasteiger partial charge in [-0.3, -0.25) is 14.4 Å². The summed E-state index contributed by atoms with van der Waals surface area (Å²) in [6, 6.07) is 4.50. The van der Waals surface area contributed by atoms with Gasteiger partial charge in [-0.1, -0.05) is 43.6 Å². The number of piperidine rings is 1. The minimum absolute atomic E-state index is 0.0527. The lowest BCUT2D eigenvalue weighted by Crippen LogP contribution is -2.51. The number of carbonyl (C=O) groups excluding carboxylic acids is 3. The molecule has 1 aromatic rings. The van der Waals surface area contributed by atoms with E-state index >= 15 is 0 Å². The first-order valence-electron chi connectivity index (χ1n) is 8.28. The molecule has 0 spiro atoms. The Balaban J connectivity index is 0.000000730. The van der Waals surface area contributed by atoms with E-state index in [-0.39, 0.29) is 18.7 Å². The van der Waals surface area contributed by atoms with Crippen LogP contribution in [-0.2, 0) is 16.1 Å². The van der Waals surface area contributed by atoms with Gasteiger partial charge in [0.25, 0.3) is 11.8 Å². The molecule has 1 atom stereocenters. The first kappa shape index (κ1) is 21.6. The number of hydrogen-bond acceptors (Lipinski definition) is 4. The summed E-state index contributed by atoms with van der Waals surface area (Å²) >= 11 is 2.94. The molecule has 1 unspecified atom stereocenters. The average Bonchev–Trinajstić information content (AvgIpc) is 2.95. The number of amides is 3. The summed E-state index contributed by atoms with van der Waals surface area (Å²) in [6.45, 7) is 8.29. The molecule has 1 saturated heterocycles. The van der Waals surface area contributed by atoms with Crippen molar-refractivity contribution in [2.45, 2.75) is 53.1 Å². The number of nitrogens with zero attached hydrogens (tertiary/aromatic N) is 2.